The molecule has 26 heteroatoms. The number of ether oxygens (including phenoxy) is 8. The predicted octanol–water partition coefficient (Wildman–Crippen LogP) is 18.5. The Morgan fingerprint density at radius 3 is 1.00 bits per heavy atom. The van der Waals surface area contributed by atoms with E-state index in [1.807, 2.05) is 0 Å². The topological polar surface area (TPSA) is 380 Å². The molecule has 3 rings (SSSR count). The van der Waals surface area contributed by atoms with E-state index in [1.165, 1.54) is 167 Å². The summed E-state index contributed by atoms with van der Waals surface area (Å²) in [6.45, 7) is 5.60. The lowest BCUT2D eigenvalue weighted by Gasteiger charge is -2.50. The highest BCUT2D eigenvalue weighted by atomic mass is 31.2. The molecule has 0 radical (unpaired) electrons. The molecular formula is C94H173O25P. The summed E-state index contributed by atoms with van der Waals surface area (Å²) in [4.78, 5) is 66.6. The summed E-state index contributed by atoms with van der Waals surface area (Å²) in [6.07, 6.45) is 34.3. The van der Waals surface area contributed by atoms with E-state index in [4.69, 9.17) is 46.9 Å². The average Bonchev–Trinajstić information content (AvgIpc) is 0.754. The zero-order valence-corrected chi connectivity index (χ0v) is 76.0. The van der Waals surface area contributed by atoms with Gasteiger partial charge in [-0.3, -0.25) is 28.2 Å². The van der Waals surface area contributed by atoms with Gasteiger partial charge in [0.15, 0.2) is 24.8 Å². The van der Waals surface area contributed by atoms with Crippen molar-refractivity contribution >= 4 is 31.7 Å². The van der Waals surface area contributed by atoms with Gasteiger partial charge in [-0.15, -0.1) is 0 Å². The van der Waals surface area contributed by atoms with E-state index >= 15 is 0 Å². The van der Waals surface area contributed by atoms with Crippen molar-refractivity contribution in [1.29, 1.82) is 0 Å². The van der Waals surface area contributed by atoms with Crippen molar-refractivity contribution in [3.63, 3.8) is 0 Å². The van der Waals surface area contributed by atoms with Gasteiger partial charge in [0.1, 0.15) is 92.6 Å². The van der Waals surface area contributed by atoms with Gasteiger partial charge in [-0.2, -0.15) is 0 Å². The van der Waals surface area contributed by atoms with Crippen molar-refractivity contribution in [2.24, 2.45) is 0 Å². The standard InChI is InChI=1S/C94H173O25P/c1-5-9-13-17-21-25-29-33-37-41-45-48-52-56-60-64-68-79(98)113-74(71-110-77(96)66-62-58-54-50-46-42-38-34-30-26-22-18-14-10-6-2)72-112-120(108,109)119-92-90(117-93-87(106)83(102)81(100)75(70-95)114-93)86(105)85(104)89(116-80(99)69-65-61-57-53-49-44-40-36-32-28-24-20-16-12-8-4)91(92)118-94-88(107)84(103)82(101)76(115-94)73-111-78(97)67-63-59-55-51-47-43-39-35-31-27-23-19-15-11-7-3/h26-27,30-31,74-76,81-95,100-107H,5-25,28-29,32-73H2,1-4H3,(H,108,109)/b30-26-,31-27-. The lowest BCUT2D eigenvalue weighted by molar-refractivity contribution is -0.360. The molecule has 18 atom stereocenters. The van der Waals surface area contributed by atoms with Gasteiger partial charge in [0.25, 0.3) is 0 Å². The minimum absolute atomic E-state index is 0.0100. The van der Waals surface area contributed by atoms with E-state index in [1.54, 1.807) is 0 Å². The molecule has 0 aromatic rings. The molecule has 2 heterocycles. The summed E-state index contributed by atoms with van der Waals surface area (Å²) in [6, 6.07) is 0. The number of unbranched alkanes of at least 4 members (excludes halogenated alkanes) is 51. The highest BCUT2D eigenvalue weighted by molar-refractivity contribution is 7.47. The first-order valence-corrected chi connectivity index (χ1v) is 50.1. The van der Waals surface area contributed by atoms with Crippen molar-refractivity contribution in [3.8, 4) is 0 Å². The molecule has 704 valence electrons. The molecular weight excluding hydrogens is 1560 g/mol. The van der Waals surface area contributed by atoms with E-state index in [9.17, 15) is 74.6 Å². The minimum Gasteiger partial charge on any atom is -0.463 e. The Labute approximate surface area is 724 Å². The maximum atomic E-state index is 14.9. The van der Waals surface area contributed by atoms with Gasteiger partial charge in [0, 0.05) is 25.7 Å². The fraction of sp³-hybridized carbons (Fsp3) is 0.915. The summed E-state index contributed by atoms with van der Waals surface area (Å²) in [5.74, 6) is -2.96. The van der Waals surface area contributed by atoms with Crippen LogP contribution in [0.25, 0.3) is 0 Å². The van der Waals surface area contributed by atoms with Gasteiger partial charge in [-0.25, -0.2) is 4.57 Å². The average molecular weight is 1730 g/mol. The van der Waals surface area contributed by atoms with E-state index in [-0.39, 0.29) is 25.7 Å². The Balaban J connectivity index is 1.91. The second kappa shape index (κ2) is 72.9. The second-order valence-corrected chi connectivity index (χ2v) is 36.0. The summed E-state index contributed by atoms with van der Waals surface area (Å²) >= 11 is 0. The van der Waals surface area contributed by atoms with Gasteiger partial charge < -0.3 is 88.7 Å². The number of phosphoric ester groups is 1. The first-order valence-electron chi connectivity index (χ1n) is 48.6. The van der Waals surface area contributed by atoms with Gasteiger partial charge in [-0.1, -0.05) is 341 Å². The summed E-state index contributed by atoms with van der Waals surface area (Å²) in [7, 11) is -5.81. The summed E-state index contributed by atoms with van der Waals surface area (Å²) in [5, 5.41) is 102. The van der Waals surface area contributed by atoms with Gasteiger partial charge >= 0.3 is 31.7 Å². The van der Waals surface area contributed by atoms with Gasteiger partial charge in [0.2, 0.25) is 0 Å². The number of aliphatic hydroxyl groups excluding tert-OH is 9. The largest absolute Gasteiger partial charge is 0.472 e. The monoisotopic (exact) mass is 1730 g/mol. The van der Waals surface area contributed by atoms with Crippen molar-refractivity contribution in [1.82, 2.24) is 0 Å². The Bertz CT molecular complexity index is 2580. The minimum atomic E-state index is -5.81. The zero-order valence-electron chi connectivity index (χ0n) is 75.1. The Kier molecular flexibility index (Phi) is 67.5. The molecule has 10 N–H and O–H groups in total. The quantitative estimate of drug-likeness (QED) is 0.00889. The molecule has 0 spiro atoms. The molecule has 25 nitrogen and oxygen atoms in total. The molecule has 0 amide bonds. The Morgan fingerprint density at radius 1 is 0.325 bits per heavy atom. The number of hydrogen-bond donors (Lipinski definition) is 10. The molecule has 2 saturated heterocycles. The molecule has 0 aromatic heterocycles. The Hall–Kier alpha value is -3.05. The molecule has 1 aliphatic carbocycles. The van der Waals surface area contributed by atoms with Crippen LogP contribution >= 0.6 is 7.82 Å². The maximum Gasteiger partial charge on any atom is 0.472 e. The van der Waals surface area contributed by atoms with Gasteiger partial charge in [0.05, 0.1) is 13.2 Å². The second-order valence-electron chi connectivity index (χ2n) is 34.6. The number of esters is 4. The third kappa shape index (κ3) is 52.3. The molecule has 0 bridgehead atoms. The number of phosphoric acid groups is 1. The summed E-state index contributed by atoms with van der Waals surface area (Å²) < 4.78 is 73.5. The number of rotatable bonds is 79. The zero-order chi connectivity index (χ0) is 87.5. The van der Waals surface area contributed by atoms with Crippen LogP contribution < -0.4 is 0 Å². The first-order chi connectivity index (χ1) is 58.2. The van der Waals surface area contributed by atoms with Crippen LogP contribution in [0, 0.1) is 0 Å². The SMILES string of the molecule is CCCCCC/C=C\CCCCCCCCCC(=O)OCC(COP(=O)(O)OC1C(OC2OC(CO)C(O)C(O)C2O)C(O)C(O)C(OC(=O)CCCCCCCCCCCCCCCCC)C1OC1OC(COC(=O)CCCCCCCCC/C=C\CCCCCC)C(O)C(O)C1O)OC(=O)CCCCCCCCCCCCCCCCCC. The van der Waals surface area contributed by atoms with Crippen molar-refractivity contribution in [2.45, 2.75) is 524 Å². The van der Waals surface area contributed by atoms with Crippen LogP contribution in [0.15, 0.2) is 24.3 Å². The van der Waals surface area contributed by atoms with Crippen molar-refractivity contribution in [3.05, 3.63) is 24.3 Å². The number of hydrogen-bond acceptors (Lipinski definition) is 24. The fourth-order valence-corrected chi connectivity index (χ4v) is 16.9. The Morgan fingerprint density at radius 2 is 0.625 bits per heavy atom. The fourth-order valence-electron chi connectivity index (χ4n) is 16.0. The number of allylic oxidation sites excluding steroid dienone is 4. The van der Waals surface area contributed by atoms with Crippen LogP contribution in [-0.4, -0.2) is 205 Å². The first kappa shape index (κ1) is 111. The molecule has 3 aliphatic rings. The highest BCUT2D eigenvalue weighted by Crippen LogP contribution is 2.49. The van der Waals surface area contributed by atoms with Crippen LogP contribution in [0.4, 0.5) is 0 Å². The van der Waals surface area contributed by atoms with Crippen LogP contribution in [0.3, 0.4) is 0 Å². The number of carbonyl (C=O) groups excluding carboxylic acids is 4. The van der Waals surface area contributed by atoms with E-state index in [0.717, 1.165) is 167 Å². The van der Waals surface area contributed by atoms with Gasteiger partial charge in [-0.05, 0) is 77.0 Å². The van der Waals surface area contributed by atoms with Crippen LogP contribution in [0.5, 0.6) is 0 Å². The molecule has 1 saturated carbocycles. The highest BCUT2D eigenvalue weighted by Gasteiger charge is 2.60. The number of carbonyl (C=O) groups is 4. The third-order valence-electron chi connectivity index (χ3n) is 23.7. The molecule has 2 aliphatic heterocycles. The van der Waals surface area contributed by atoms with Crippen LogP contribution in [0.1, 0.15) is 419 Å². The molecule has 120 heavy (non-hydrogen) atoms. The van der Waals surface area contributed by atoms with E-state index in [0.29, 0.717) is 32.1 Å². The lowest BCUT2D eigenvalue weighted by atomic mass is 9.84. The smallest absolute Gasteiger partial charge is 0.463 e. The number of aliphatic hydroxyl groups is 9. The van der Waals surface area contributed by atoms with E-state index < -0.39 is 162 Å². The third-order valence-corrected chi connectivity index (χ3v) is 24.7. The maximum absolute atomic E-state index is 14.9. The van der Waals surface area contributed by atoms with Crippen LogP contribution in [0.2, 0.25) is 0 Å². The van der Waals surface area contributed by atoms with E-state index in [2.05, 4.69) is 52.0 Å². The van der Waals surface area contributed by atoms with Crippen molar-refractivity contribution in [2.75, 3.05) is 26.4 Å². The predicted molar refractivity (Wildman–Crippen MR) is 467 cm³/mol. The molecule has 18 unspecified atom stereocenters. The molecule has 0 aromatic carbocycles. The van der Waals surface area contributed by atoms with Crippen molar-refractivity contribution < 1.29 is 122 Å². The molecule has 3 fully saturated rings. The summed E-state index contributed by atoms with van der Waals surface area (Å²) in [5.41, 5.74) is 0. The lowest BCUT2D eigenvalue weighted by Crippen LogP contribution is -2.70. The van der Waals surface area contributed by atoms with Crippen LogP contribution in [-0.2, 0) is 70.7 Å². The normalized spacial score (nSPS) is 24.8.